The van der Waals surface area contributed by atoms with Crippen LogP contribution in [0.1, 0.15) is 11.1 Å². The van der Waals surface area contributed by atoms with Gasteiger partial charge in [-0.05, 0) is 6.92 Å². The van der Waals surface area contributed by atoms with Gasteiger partial charge in [0.05, 0.1) is 13.2 Å². The number of benzene rings is 1. The Hall–Kier alpha value is -1.72. The number of nitrogens with zero attached hydrogens (tertiary/aromatic N) is 3. The smallest absolute Gasteiger partial charge is 0.215 e. The minimum atomic E-state index is -0.736. The lowest BCUT2D eigenvalue weighted by Crippen LogP contribution is -2.33. The SMILES string of the molecule is Cc1cccc(C2(Cn3cncn3)OCCO2)c1. The van der Waals surface area contributed by atoms with Gasteiger partial charge >= 0.3 is 0 Å². The minimum absolute atomic E-state index is 0.510. The number of ether oxygens (including phenoxy) is 2. The van der Waals surface area contributed by atoms with Crippen molar-refractivity contribution in [1.29, 1.82) is 0 Å². The highest BCUT2D eigenvalue weighted by atomic mass is 16.7. The fourth-order valence-electron chi connectivity index (χ4n) is 2.21. The molecule has 0 N–H and O–H groups in total. The predicted molar refractivity (Wildman–Crippen MR) is 64.8 cm³/mol. The first-order valence-corrected chi connectivity index (χ1v) is 5.96. The second kappa shape index (κ2) is 4.51. The fraction of sp³-hybridized carbons (Fsp3) is 0.385. The zero-order valence-electron chi connectivity index (χ0n) is 10.2. The van der Waals surface area contributed by atoms with E-state index in [1.54, 1.807) is 11.0 Å². The summed E-state index contributed by atoms with van der Waals surface area (Å²) in [5.74, 6) is -0.736. The van der Waals surface area contributed by atoms with Crippen LogP contribution < -0.4 is 0 Å². The summed E-state index contributed by atoms with van der Waals surface area (Å²) in [6, 6.07) is 8.18. The maximum absolute atomic E-state index is 5.84. The van der Waals surface area contributed by atoms with Crippen LogP contribution in [0.3, 0.4) is 0 Å². The molecule has 0 aliphatic carbocycles. The Morgan fingerprint density at radius 2 is 2.17 bits per heavy atom. The average molecular weight is 245 g/mol. The van der Waals surface area contributed by atoms with E-state index in [0.717, 1.165) is 5.56 Å². The molecular weight excluding hydrogens is 230 g/mol. The molecule has 3 rings (SSSR count). The van der Waals surface area contributed by atoms with Crippen molar-refractivity contribution in [2.24, 2.45) is 0 Å². The topological polar surface area (TPSA) is 49.2 Å². The highest BCUT2D eigenvalue weighted by molar-refractivity contribution is 5.26. The number of aromatic nitrogens is 3. The molecule has 0 atom stereocenters. The van der Waals surface area contributed by atoms with Crippen LogP contribution in [-0.2, 0) is 21.8 Å². The van der Waals surface area contributed by atoms with Crippen molar-refractivity contribution in [3.05, 3.63) is 48.0 Å². The number of hydrogen-bond acceptors (Lipinski definition) is 4. The standard InChI is InChI=1S/C13H15N3O2/c1-11-3-2-4-12(7-11)13(17-5-6-18-13)8-16-10-14-9-15-16/h2-4,7,9-10H,5-6,8H2,1H3. The molecule has 1 aromatic carbocycles. The van der Waals surface area contributed by atoms with Gasteiger partial charge in [-0.25, -0.2) is 9.67 Å². The average Bonchev–Trinajstić information content (AvgIpc) is 3.02. The van der Waals surface area contributed by atoms with Crippen molar-refractivity contribution in [1.82, 2.24) is 14.8 Å². The summed E-state index contributed by atoms with van der Waals surface area (Å²) in [7, 11) is 0. The van der Waals surface area contributed by atoms with E-state index in [4.69, 9.17) is 9.47 Å². The molecule has 5 nitrogen and oxygen atoms in total. The van der Waals surface area contributed by atoms with Crippen LogP contribution >= 0.6 is 0 Å². The molecule has 5 heteroatoms. The maximum atomic E-state index is 5.84. The molecule has 0 spiro atoms. The first-order chi connectivity index (χ1) is 8.78. The summed E-state index contributed by atoms with van der Waals surface area (Å²) in [5, 5.41) is 4.12. The van der Waals surface area contributed by atoms with Crippen LogP contribution in [0.25, 0.3) is 0 Å². The zero-order chi connectivity index (χ0) is 12.4. The van der Waals surface area contributed by atoms with Gasteiger partial charge in [-0.2, -0.15) is 5.10 Å². The summed E-state index contributed by atoms with van der Waals surface area (Å²) in [4.78, 5) is 3.95. The van der Waals surface area contributed by atoms with Crippen LogP contribution in [0.2, 0.25) is 0 Å². The molecule has 18 heavy (non-hydrogen) atoms. The Bertz CT molecular complexity index is 519. The van der Waals surface area contributed by atoms with E-state index < -0.39 is 5.79 Å². The van der Waals surface area contributed by atoms with E-state index in [-0.39, 0.29) is 0 Å². The van der Waals surface area contributed by atoms with Gasteiger partial charge in [-0.3, -0.25) is 0 Å². The number of hydrogen-bond donors (Lipinski definition) is 0. The quantitative estimate of drug-likeness (QED) is 0.822. The third-order valence-electron chi connectivity index (χ3n) is 3.05. The minimum Gasteiger partial charge on any atom is -0.342 e. The van der Waals surface area contributed by atoms with E-state index in [1.807, 2.05) is 12.1 Å². The molecule has 0 bridgehead atoms. The second-order valence-corrected chi connectivity index (χ2v) is 4.41. The molecule has 2 heterocycles. The summed E-state index contributed by atoms with van der Waals surface area (Å²) in [5.41, 5.74) is 2.21. The van der Waals surface area contributed by atoms with E-state index in [0.29, 0.717) is 19.8 Å². The lowest BCUT2D eigenvalue weighted by Gasteiger charge is -2.27. The lowest BCUT2D eigenvalue weighted by atomic mass is 10.0. The van der Waals surface area contributed by atoms with Crippen molar-refractivity contribution in [3.63, 3.8) is 0 Å². The molecule has 1 fully saturated rings. The van der Waals surface area contributed by atoms with Crippen molar-refractivity contribution >= 4 is 0 Å². The Kier molecular flexibility index (Phi) is 2.85. The van der Waals surface area contributed by atoms with Gasteiger partial charge < -0.3 is 9.47 Å². The van der Waals surface area contributed by atoms with Crippen molar-refractivity contribution < 1.29 is 9.47 Å². The van der Waals surface area contributed by atoms with Gasteiger partial charge in [-0.1, -0.05) is 29.8 Å². The van der Waals surface area contributed by atoms with Gasteiger partial charge in [0.15, 0.2) is 0 Å². The summed E-state index contributed by atoms with van der Waals surface area (Å²) < 4.78 is 13.4. The van der Waals surface area contributed by atoms with Crippen molar-refractivity contribution in [3.8, 4) is 0 Å². The maximum Gasteiger partial charge on any atom is 0.215 e. The van der Waals surface area contributed by atoms with Crippen LogP contribution in [0.4, 0.5) is 0 Å². The van der Waals surface area contributed by atoms with Crippen LogP contribution in [0.5, 0.6) is 0 Å². The van der Waals surface area contributed by atoms with Gasteiger partial charge in [0.1, 0.15) is 19.2 Å². The number of rotatable bonds is 3. The molecule has 2 aromatic rings. The van der Waals surface area contributed by atoms with Crippen LogP contribution in [0, 0.1) is 6.92 Å². The molecule has 0 unspecified atom stereocenters. The molecule has 0 amide bonds. The Labute approximate surface area is 105 Å². The summed E-state index contributed by atoms with van der Waals surface area (Å²) >= 11 is 0. The van der Waals surface area contributed by atoms with Gasteiger partial charge in [0.2, 0.25) is 5.79 Å². The van der Waals surface area contributed by atoms with E-state index >= 15 is 0 Å². The molecular formula is C13H15N3O2. The number of aryl methyl sites for hydroxylation is 1. The van der Waals surface area contributed by atoms with E-state index in [2.05, 4.69) is 29.1 Å². The molecule has 0 radical (unpaired) electrons. The molecule has 1 aliphatic rings. The lowest BCUT2D eigenvalue weighted by molar-refractivity contribution is -0.177. The fourth-order valence-corrected chi connectivity index (χ4v) is 2.21. The largest absolute Gasteiger partial charge is 0.342 e. The summed E-state index contributed by atoms with van der Waals surface area (Å²) in [6.45, 7) is 3.77. The van der Waals surface area contributed by atoms with Crippen molar-refractivity contribution in [2.45, 2.75) is 19.3 Å². The molecule has 1 saturated heterocycles. The highest BCUT2D eigenvalue weighted by Gasteiger charge is 2.39. The third-order valence-corrected chi connectivity index (χ3v) is 3.05. The molecule has 94 valence electrons. The normalized spacial score (nSPS) is 18.1. The highest BCUT2D eigenvalue weighted by Crippen LogP contribution is 2.33. The monoisotopic (exact) mass is 245 g/mol. The predicted octanol–water partition coefficient (Wildman–Crippen LogP) is 1.49. The Morgan fingerprint density at radius 3 is 2.83 bits per heavy atom. The second-order valence-electron chi connectivity index (χ2n) is 4.41. The summed E-state index contributed by atoms with van der Waals surface area (Å²) in [6.07, 6.45) is 3.18. The van der Waals surface area contributed by atoms with Gasteiger partial charge in [-0.15, -0.1) is 0 Å². The third kappa shape index (κ3) is 2.02. The Morgan fingerprint density at radius 1 is 1.33 bits per heavy atom. The van der Waals surface area contributed by atoms with Crippen molar-refractivity contribution in [2.75, 3.05) is 13.2 Å². The first-order valence-electron chi connectivity index (χ1n) is 5.96. The Balaban J connectivity index is 1.96. The van der Waals surface area contributed by atoms with Gasteiger partial charge in [0, 0.05) is 5.56 Å². The molecule has 1 aromatic heterocycles. The first kappa shape index (κ1) is 11.4. The molecule has 0 saturated carbocycles. The zero-order valence-corrected chi connectivity index (χ0v) is 10.2. The van der Waals surface area contributed by atoms with Gasteiger partial charge in [0.25, 0.3) is 0 Å². The van der Waals surface area contributed by atoms with Crippen LogP contribution in [0.15, 0.2) is 36.9 Å². The van der Waals surface area contributed by atoms with E-state index in [1.165, 1.54) is 11.9 Å². The van der Waals surface area contributed by atoms with E-state index in [9.17, 15) is 0 Å². The van der Waals surface area contributed by atoms with Crippen LogP contribution in [-0.4, -0.2) is 28.0 Å². The molecule has 1 aliphatic heterocycles.